The number of aromatic nitrogens is 4. The summed E-state index contributed by atoms with van der Waals surface area (Å²) in [6.45, 7) is 1.88. The van der Waals surface area contributed by atoms with Crippen molar-refractivity contribution in [2.24, 2.45) is 0 Å². The lowest BCUT2D eigenvalue weighted by Crippen LogP contribution is -2.23. The Morgan fingerprint density at radius 1 is 0.970 bits per heavy atom. The van der Waals surface area contributed by atoms with E-state index in [1.54, 1.807) is 36.5 Å². The van der Waals surface area contributed by atoms with E-state index in [-0.39, 0.29) is 22.2 Å². The molecule has 0 aliphatic carbocycles. The fourth-order valence-corrected chi connectivity index (χ4v) is 4.45. The van der Waals surface area contributed by atoms with Crippen molar-refractivity contribution in [2.45, 2.75) is 17.8 Å². The zero-order valence-corrected chi connectivity index (χ0v) is 18.1. The van der Waals surface area contributed by atoms with Gasteiger partial charge in [-0.15, -0.1) is 0 Å². The molecule has 0 aliphatic heterocycles. The highest BCUT2D eigenvalue weighted by Gasteiger charge is 2.17. The van der Waals surface area contributed by atoms with Crippen LogP contribution in [0.3, 0.4) is 0 Å². The minimum Gasteiger partial charge on any atom is -0.269 e. The molecule has 0 N–H and O–H groups in total. The molecule has 0 fully saturated rings. The highest BCUT2D eigenvalue weighted by atomic mass is 32.2. The van der Waals surface area contributed by atoms with Gasteiger partial charge in [0.05, 0.1) is 22.3 Å². The van der Waals surface area contributed by atoms with Gasteiger partial charge in [0.1, 0.15) is 17.3 Å². The second kappa shape index (κ2) is 8.25. The van der Waals surface area contributed by atoms with Crippen molar-refractivity contribution in [2.75, 3.05) is 0 Å². The Morgan fingerprint density at radius 2 is 1.79 bits per heavy atom. The van der Waals surface area contributed by atoms with E-state index in [4.69, 9.17) is 0 Å². The second-order valence-electron chi connectivity index (χ2n) is 7.46. The molecular weight excluding hydrogens is 446 g/mol. The van der Waals surface area contributed by atoms with Gasteiger partial charge >= 0.3 is 0 Å². The van der Waals surface area contributed by atoms with Gasteiger partial charge in [-0.25, -0.2) is 18.7 Å². The van der Waals surface area contributed by atoms with Gasteiger partial charge < -0.3 is 0 Å². The number of nitrogens with zero attached hydrogens (tertiary/aromatic N) is 4. The summed E-state index contributed by atoms with van der Waals surface area (Å²) in [4.78, 5) is 34.8. The molecule has 2 aromatic carbocycles. The first kappa shape index (κ1) is 21.0. The number of fused-ring (bicyclic) bond motifs is 2. The summed E-state index contributed by atoms with van der Waals surface area (Å²) >= 11 is 1.14. The first-order valence-corrected chi connectivity index (χ1v) is 11.0. The first-order valence-electron chi connectivity index (χ1n) is 10.00. The lowest BCUT2D eigenvalue weighted by molar-refractivity contribution is 0.572. The zero-order chi connectivity index (χ0) is 23.1. The highest BCUT2D eigenvalue weighted by molar-refractivity contribution is 7.98. The van der Waals surface area contributed by atoms with E-state index in [1.807, 2.05) is 13.0 Å². The van der Waals surface area contributed by atoms with E-state index in [0.29, 0.717) is 22.2 Å². The number of para-hydroxylation sites is 1. The van der Waals surface area contributed by atoms with Gasteiger partial charge in [-0.2, -0.15) is 0 Å². The lowest BCUT2D eigenvalue weighted by Gasteiger charge is -2.14. The third-order valence-corrected chi connectivity index (χ3v) is 6.08. The molecule has 9 heteroatoms. The minimum atomic E-state index is -0.881. The molecule has 0 saturated carbocycles. The maximum Gasteiger partial charge on any atom is 0.266 e. The van der Waals surface area contributed by atoms with Crippen molar-refractivity contribution in [3.63, 3.8) is 0 Å². The standard InChI is InChI=1S/C24H16F2N4O2S/c1-14-6-9-21-27-16(11-22(31)29(21)12-14)13-33-24-28-19-5-3-2-4-17(19)23(32)30(24)20-8-7-15(25)10-18(20)26/h2-12H,13H2,1H3. The van der Waals surface area contributed by atoms with Crippen molar-refractivity contribution >= 4 is 28.3 Å². The average molecular weight is 462 g/mol. The van der Waals surface area contributed by atoms with Crippen LogP contribution in [0.4, 0.5) is 8.78 Å². The molecule has 3 aromatic heterocycles. The number of rotatable bonds is 4. The van der Waals surface area contributed by atoms with Crippen molar-refractivity contribution in [1.82, 2.24) is 18.9 Å². The Bertz CT molecular complexity index is 1660. The summed E-state index contributed by atoms with van der Waals surface area (Å²) < 4.78 is 30.7. The number of halogens is 2. The summed E-state index contributed by atoms with van der Waals surface area (Å²) in [7, 11) is 0. The van der Waals surface area contributed by atoms with Crippen LogP contribution in [0.15, 0.2) is 81.6 Å². The fraction of sp³-hybridized carbons (Fsp3) is 0.0833. The molecule has 33 heavy (non-hydrogen) atoms. The summed E-state index contributed by atoms with van der Waals surface area (Å²) in [5.74, 6) is -1.41. The van der Waals surface area contributed by atoms with Crippen LogP contribution >= 0.6 is 11.8 Å². The molecule has 0 amide bonds. The van der Waals surface area contributed by atoms with E-state index >= 15 is 0 Å². The predicted molar refractivity (Wildman–Crippen MR) is 123 cm³/mol. The van der Waals surface area contributed by atoms with E-state index in [2.05, 4.69) is 9.97 Å². The van der Waals surface area contributed by atoms with Crippen molar-refractivity contribution in [3.05, 3.63) is 110 Å². The number of benzene rings is 2. The SMILES string of the molecule is Cc1ccc2nc(CSc3nc4ccccc4c(=O)n3-c3ccc(F)cc3F)cc(=O)n2c1. The van der Waals surface area contributed by atoms with Crippen molar-refractivity contribution in [3.8, 4) is 5.69 Å². The first-order chi connectivity index (χ1) is 15.9. The van der Waals surface area contributed by atoms with E-state index in [9.17, 15) is 18.4 Å². The molecule has 0 unspecified atom stereocenters. The zero-order valence-electron chi connectivity index (χ0n) is 17.3. The van der Waals surface area contributed by atoms with Crippen LogP contribution in [-0.4, -0.2) is 18.9 Å². The molecule has 0 spiro atoms. The normalized spacial score (nSPS) is 11.4. The van der Waals surface area contributed by atoms with Gasteiger partial charge in [0.2, 0.25) is 0 Å². The van der Waals surface area contributed by atoms with Gasteiger partial charge in [-0.05, 0) is 42.8 Å². The Labute approximate surface area is 190 Å². The molecule has 0 atom stereocenters. The highest BCUT2D eigenvalue weighted by Crippen LogP contribution is 2.25. The van der Waals surface area contributed by atoms with Crippen LogP contribution in [0, 0.1) is 18.6 Å². The fourth-order valence-electron chi connectivity index (χ4n) is 3.55. The number of hydrogen-bond acceptors (Lipinski definition) is 5. The molecule has 5 rings (SSSR count). The van der Waals surface area contributed by atoms with Crippen LogP contribution in [0.2, 0.25) is 0 Å². The van der Waals surface area contributed by atoms with Gasteiger partial charge in [0.15, 0.2) is 5.16 Å². The molecule has 0 saturated heterocycles. The lowest BCUT2D eigenvalue weighted by atomic mass is 10.2. The van der Waals surface area contributed by atoms with Gasteiger partial charge in [-0.3, -0.25) is 18.6 Å². The summed E-state index contributed by atoms with van der Waals surface area (Å²) in [5, 5.41) is 0.512. The Balaban J connectivity index is 1.62. The second-order valence-corrected chi connectivity index (χ2v) is 8.40. The largest absolute Gasteiger partial charge is 0.269 e. The third kappa shape index (κ3) is 3.91. The quantitative estimate of drug-likeness (QED) is 0.295. The Hall–Kier alpha value is -3.85. The summed E-state index contributed by atoms with van der Waals surface area (Å²) in [6.07, 6.45) is 1.71. The Kier molecular flexibility index (Phi) is 5.26. The number of hydrogen-bond donors (Lipinski definition) is 0. The third-order valence-electron chi connectivity index (χ3n) is 5.11. The maximum absolute atomic E-state index is 14.6. The van der Waals surface area contributed by atoms with E-state index in [0.717, 1.165) is 34.0 Å². The van der Waals surface area contributed by atoms with E-state index < -0.39 is 17.2 Å². The molecule has 0 aliphatic rings. The van der Waals surface area contributed by atoms with Crippen molar-refractivity contribution < 1.29 is 8.78 Å². The number of pyridine rings is 1. The molecule has 5 aromatic rings. The maximum atomic E-state index is 14.6. The van der Waals surface area contributed by atoms with Crippen LogP contribution in [0.1, 0.15) is 11.3 Å². The minimum absolute atomic E-state index is 0.107. The smallest absolute Gasteiger partial charge is 0.266 e. The molecule has 164 valence electrons. The van der Waals surface area contributed by atoms with Crippen LogP contribution in [0.5, 0.6) is 0 Å². The van der Waals surface area contributed by atoms with Crippen LogP contribution in [0.25, 0.3) is 22.2 Å². The van der Waals surface area contributed by atoms with Gasteiger partial charge in [0, 0.05) is 24.1 Å². The number of thioether (sulfide) groups is 1. The van der Waals surface area contributed by atoms with E-state index in [1.165, 1.54) is 16.5 Å². The van der Waals surface area contributed by atoms with Crippen LogP contribution in [-0.2, 0) is 5.75 Å². The molecular formula is C24H16F2N4O2S. The Morgan fingerprint density at radius 3 is 2.61 bits per heavy atom. The van der Waals surface area contributed by atoms with Crippen molar-refractivity contribution in [1.29, 1.82) is 0 Å². The van der Waals surface area contributed by atoms with Crippen LogP contribution < -0.4 is 11.1 Å². The summed E-state index contributed by atoms with van der Waals surface area (Å²) in [6, 6.07) is 14.8. The number of aryl methyl sites for hydroxylation is 1. The monoisotopic (exact) mass is 462 g/mol. The summed E-state index contributed by atoms with van der Waals surface area (Å²) in [5.41, 5.74) is 1.55. The molecule has 0 radical (unpaired) electrons. The molecule has 6 nitrogen and oxygen atoms in total. The molecule has 3 heterocycles. The van der Waals surface area contributed by atoms with Gasteiger partial charge in [-0.1, -0.05) is 30.0 Å². The van der Waals surface area contributed by atoms with Gasteiger partial charge in [0.25, 0.3) is 11.1 Å². The topological polar surface area (TPSA) is 69.3 Å². The predicted octanol–water partition coefficient (Wildman–Crippen LogP) is 4.27. The average Bonchev–Trinajstić information content (AvgIpc) is 2.79. The molecule has 0 bridgehead atoms.